The smallest absolute Gasteiger partial charge is 0.326 e. The van der Waals surface area contributed by atoms with E-state index in [1.807, 2.05) is 12.1 Å². The maximum atomic E-state index is 14.4. The van der Waals surface area contributed by atoms with E-state index in [1.54, 1.807) is 12.1 Å². The Hall–Kier alpha value is -6.47. The van der Waals surface area contributed by atoms with Gasteiger partial charge in [0.25, 0.3) is 17.7 Å². The van der Waals surface area contributed by atoms with Crippen LogP contribution in [0.25, 0.3) is 22.3 Å². The molecule has 8 N–H and O–H groups in total. The maximum absolute atomic E-state index is 14.4. The predicted molar refractivity (Wildman–Crippen MR) is 216 cm³/mol. The zero-order valence-electron chi connectivity index (χ0n) is 32.1. The van der Waals surface area contributed by atoms with Crippen LogP contribution < -0.4 is 21.7 Å². The molecule has 0 saturated heterocycles. The number of aromatic hydroxyl groups is 2. The summed E-state index contributed by atoms with van der Waals surface area (Å²) in [7, 11) is 1.37. The number of nitrogens with zero attached hydrogens (tertiary/aromatic N) is 1. The van der Waals surface area contributed by atoms with Crippen molar-refractivity contribution in [2.45, 2.75) is 70.0 Å². The highest BCUT2D eigenvalue weighted by molar-refractivity contribution is 6.02. The molecule has 3 atom stereocenters. The van der Waals surface area contributed by atoms with Crippen molar-refractivity contribution in [2.75, 3.05) is 13.6 Å². The SMILES string of the molecule is C=C1NC(=O)[C@@H](N(C)C(=O)[C@H](CCCCN)NC(=O)c2ccc(-c3ccc(CCCC)cc3)cc2)c2ccc(O)c(c2)-c2cc(ccc2O)C[C@@H](C(=O)O)NC1=O. The maximum Gasteiger partial charge on any atom is 0.326 e. The number of hydrogen-bond donors (Lipinski definition) is 7. The first-order valence-electron chi connectivity index (χ1n) is 19.0. The molecule has 0 unspecified atom stereocenters. The van der Waals surface area contributed by atoms with E-state index in [0.717, 1.165) is 35.3 Å². The number of benzene rings is 4. The van der Waals surface area contributed by atoms with Gasteiger partial charge in [0.15, 0.2) is 0 Å². The van der Waals surface area contributed by atoms with Crippen LogP contribution in [0.2, 0.25) is 0 Å². The van der Waals surface area contributed by atoms with Gasteiger partial charge >= 0.3 is 5.97 Å². The van der Waals surface area contributed by atoms with Gasteiger partial charge in [0.05, 0.1) is 5.70 Å². The normalized spacial score (nSPS) is 16.1. The number of rotatable bonds is 13. The van der Waals surface area contributed by atoms with Gasteiger partial charge < -0.3 is 41.9 Å². The van der Waals surface area contributed by atoms with E-state index in [9.17, 15) is 39.3 Å². The Bertz CT molecular complexity index is 2130. The molecule has 0 spiro atoms. The number of carboxylic acid groups (broad SMARTS) is 1. The molecule has 13 heteroatoms. The average Bonchev–Trinajstić information content (AvgIpc) is 3.20. The molecule has 13 nitrogen and oxygen atoms in total. The fourth-order valence-corrected chi connectivity index (χ4v) is 6.79. The van der Waals surface area contributed by atoms with Crippen molar-refractivity contribution in [1.29, 1.82) is 0 Å². The molecule has 1 aliphatic heterocycles. The van der Waals surface area contributed by atoms with Crippen LogP contribution in [0, 0.1) is 0 Å². The number of phenols is 2. The summed E-state index contributed by atoms with van der Waals surface area (Å²) in [6.07, 6.45) is 4.29. The standard InChI is InChI=1S/C44H49N5O8/c1-4-5-8-27-10-13-29(14-11-27)30-15-17-31(18-16-30)41(53)47-35(9-6-7-22-45)43(55)49(3)39-32-19-21-38(51)34(25-32)33-23-28(12-20-37(33)50)24-36(44(56)57)48-40(52)26(2)46-42(39)54/h10-21,23,25,35-36,39,50-51H,2,4-9,22,24,45H2,1,3H3,(H,46,54)(H,47,53)(H,48,52)(H,56,57)/t35-,36-,39-/m0/s1. The first kappa shape index (κ1) is 41.7. The lowest BCUT2D eigenvalue weighted by Crippen LogP contribution is -2.51. The molecular weight excluding hydrogens is 727 g/mol. The van der Waals surface area contributed by atoms with Crippen molar-refractivity contribution in [1.82, 2.24) is 20.9 Å². The summed E-state index contributed by atoms with van der Waals surface area (Å²) in [5.74, 6) is -4.86. The quantitative estimate of drug-likeness (QED) is 0.0722. The number of nitrogens with two attached hydrogens (primary N) is 1. The molecule has 4 bridgehead atoms. The Morgan fingerprint density at radius 3 is 2.16 bits per heavy atom. The number of carbonyl (C=O) groups excluding carboxylic acids is 4. The fourth-order valence-electron chi connectivity index (χ4n) is 6.79. The summed E-state index contributed by atoms with van der Waals surface area (Å²) in [6.45, 7) is 6.16. The van der Waals surface area contributed by atoms with E-state index in [0.29, 0.717) is 30.5 Å². The van der Waals surface area contributed by atoms with Crippen LogP contribution in [0.3, 0.4) is 0 Å². The first-order valence-corrected chi connectivity index (χ1v) is 19.0. The number of aryl methyl sites for hydroxylation is 1. The number of unbranched alkanes of at least 4 members (excludes halogenated alkanes) is 2. The number of aliphatic carboxylic acids is 1. The van der Waals surface area contributed by atoms with Crippen molar-refractivity contribution in [3.05, 3.63) is 119 Å². The third-order valence-electron chi connectivity index (χ3n) is 10.1. The van der Waals surface area contributed by atoms with E-state index in [2.05, 4.69) is 53.7 Å². The van der Waals surface area contributed by atoms with Gasteiger partial charge in [-0.2, -0.15) is 0 Å². The van der Waals surface area contributed by atoms with Gasteiger partial charge in [-0.25, -0.2) is 4.79 Å². The molecule has 0 aromatic heterocycles. The van der Waals surface area contributed by atoms with Crippen LogP contribution >= 0.6 is 0 Å². The minimum absolute atomic E-state index is 0.0981. The van der Waals surface area contributed by atoms with Crippen molar-refractivity contribution in [3.63, 3.8) is 0 Å². The van der Waals surface area contributed by atoms with E-state index in [1.165, 1.54) is 49.0 Å². The van der Waals surface area contributed by atoms with Crippen LogP contribution in [-0.2, 0) is 32.0 Å². The lowest BCUT2D eigenvalue weighted by Gasteiger charge is -2.32. The minimum atomic E-state index is -1.47. The number of nitrogens with one attached hydrogen (secondary N) is 3. The Morgan fingerprint density at radius 2 is 1.53 bits per heavy atom. The zero-order chi connectivity index (χ0) is 41.2. The highest BCUT2D eigenvalue weighted by Crippen LogP contribution is 2.39. The second kappa shape index (κ2) is 18.9. The molecule has 0 aliphatic carbocycles. The highest BCUT2D eigenvalue weighted by Gasteiger charge is 2.35. The summed E-state index contributed by atoms with van der Waals surface area (Å²) >= 11 is 0. The van der Waals surface area contributed by atoms with Gasteiger partial charge in [-0.15, -0.1) is 0 Å². The number of phenolic OH excluding ortho intramolecular Hbond substituents is 2. The van der Waals surface area contributed by atoms with Gasteiger partial charge in [-0.3, -0.25) is 19.2 Å². The molecular formula is C44H49N5O8. The topological polar surface area (TPSA) is 211 Å². The van der Waals surface area contributed by atoms with Crippen LogP contribution in [0.15, 0.2) is 97.2 Å². The van der Waals surface area contributed by atoms with E-state index >= 15 is 0 Å². The van der Waals surface area contributed by atoms with Crippen molar-refractivity contribution in [2.24, 2.45) is 5.73 Å². The zero-order valence-corrected chi connectivity index (χ0v) is 32.1. The monoisotopic (exact) mass is 775 g/mol. The minimum Gasteiger partial charge on any atom is -0.507 e. The van der Waals surface area contributed by atoms with Crippen LogP contribution in [0.4, 0.5) is 0 Å². The Kier molecular flexibility index (Phi) is 13.8. The largest absolute Gasteiger partial charge is 0.507 e. The summed E-state index contributed by atoms with van der Waals surface area (Å²) in [6, 6.07) is 19.8. The summed E-state index contributed by atoms with van der Waals surface area (Å²) in [5.41, 5.74) is 9.62. The average molecular weight is 776 g/mol. The summed E-state index contributed by atoms with van der Waals surface area (Å²) in [4.78, 5) is 68.6. The highest BCUT2D eigenvalue weighted by atomic mass is 16.4. The van der Waals surface area contributed by atoms with Crippen molar-refractivity contribution < 1.29 is 39.3 Å². The number of carbonyl (C=O) groups is 5. The third-order valence-corrected chi connectivity index (χ3v) is 10.1. The molecule has 4 amide bonds. The fraction of sp³-hybridized carbons (Fsp3) is 0.295. The first-order chi connectivity index (χ1) is 27.3. The van der Waals surface area contributed by atoms with Gasteiger partial charge in [0, 0.05) is 30.2 Å². The molecule has 57 heavy (non-hydrogen) atoms. The van der Waals surface area contributed by atoms with Gasteiger partial charge in [0.1, 0.15) is 29.6 Å². The predicted octanol–water partition coefficient (Wildman–Crippen LogP) is 4.96. The molecule has 4 aromatic carbocycles. The van der Waals surface area contributed by atoms with Gasteiger partial charge in [-0.1, -0.05) is 68.5 Å². The Morgan fingerprint density at radius 1 is 0.895 bits per heavy atom. The Balaban J connectivity index is 1.46. The molecule has 298 valence electrons. The number of carboxylic acids is 1. The number of fused-ring (bicyclic) bond motifs is 5. The molecule has 0 radical (unpaired) electrons. The van der Waals surface area contributed by atoms with Gasteiger partial charge in [0.2, 0.25) is 5.91 Å². The molecule has 4 aromatic rings. The van der Waals surface area contributed by atoms with E-state index in [4.69, 9.17) is 5.73 Å². The Labute approximate surface area is 331 Å². The second-order valence-corrected chi connectivity index (χ2v) is 14.2. The van der Waals surface area contributed by atoms with E-state index in [-0.39, 0.29) is 41.0 Å². The molecule has 1 aliphatic rings. The third kappa shape index (κ3) is 10.2. The summed E-state index contributed by atoms with van der Waals surface area (Å²) in [5, 5.41) is 39.3. The van der Waals surface area contributed by atoms with E-state index < -0.39 is 53.4 Å². The lowest BCUT2D eigenvalue weighted by molar-refractivity contribution is -0.142. The molecule has 1 heterocycles. The number of likely N-dealkylation sites (N-methyl/N-ethyl adjacent to an activating group) is 1. The van der Waals surface area contributed by atoms with Crippen molar-refractivity contribution >= 4 is 29.6 Å². The van der Waals surface area contributed by atoms with Crippen LogP contribution in [0.5, 0.6) is 11.5 Å². The molecule has 5 rings (SSSR count). The van der Waals surface area contributed by atoms with Crippen LogP contribution in [0.1, 0.15) is 72.1 Å². The summed E-state index contributed by atoms with van der Waals surface area (Å²) < 4.78 is 0. The number of amides is 4. The molecule has 0 saturated carbocycles. The van der Waals surface area contributed by atoms with Crippen molar-refractivity contribution in [3.8, 4) is 33.8 Å². The van der Waals surface area contributed by atoms with Crippen LogP contribution in [-0.4, -0.2) is 75.5 Å². The second-order valence-electron chi connectivity index (χ2n) is 14.2. The van der Waals surface area contributed by atoms with Gasteiger partial charge in [-0.05, 0) is 103 Å². The molecule has 0 fully saturated rings. The lowest BCUT2D eigenvalue weighted by atomic mass is 9.93. The number of hydrogen-bond acceptors (Lipinski definition) is 8.